The maximum Gasteiger partial charge on any atom is 0.457 e. The van der Waals surface area contributed by atoms with Crippen molar-refractivity contribution in [3.05, 3.63) is 92.1 Å². The van der Waals surface area contributed by atoms with Gasteiger partial charge in [-0.3, -0.25) is 9.59 Å². The van der Waals surface area contributed by atoms with Crippen LogP contribution in [0.5, 0.6) is 0 Å². The highest BCUT2D eigenvalue weighted by Gasteiger charge is 2.82. The van der Waals surface area contributed by atoms with Gasteiger partial charge in [-0.05, 0) is 71.1 Å². The zero-order valence-corrected chi connectivity index (χ0v) is 24.1. The summed E-state index contributed by atoms with van der Waals surface area (Å²) in [5.41, 5.74) is -13.3. The second kappa shape index (κ2) is 12.1. The van der Waals surface area contributed by atoms with Gasteiger partial charge in [-0.25, -0.2) is 4.39 Å². The molecule has 3 rings (SSSR count). The predicted molar refractivity (Wildman–Crippen MR) is 142 cm³/mol. The van der Waals surface area contributed by atoms with Gasteiger partial charge in [-0.1, -0.05) is 12.1 Å². The summed E-state index contributed by atoms with van der Waals surface area (Å²) >= 11 is 0.809. The van der Waals surface area contributed by atoms with E-state index < -0.39 is 73.9 Å². The Hall–Kier alpha value is -4.02. The summed E-state index contributed by atoms with van der Waals surface area (Å²) in [6, 6.07) is 10.6. The van der Waals surface area contributed by atoms with Crippen LogP contribution in [-0.2, 0) is 11.8 Å². The number of nitriles is 1. The molecular weight excluding hydrogens is 753 g/mol. The molecule has 0 heterocycles. The van der Waals surface area contributed by atoms with Gasteiger partial charge in [0.1, 0.15) is 0 Å². The molecule has 3 aromatic carbocycles. The number of rotatable bonds is 6. The average Bonchev–Trinajstić information content (AvgIpc) is 2.94. The number of carbonyl (C=O) groups is 2. The Labute approximate surface area is 258 Å². The van der Waals surface area contributed by atoms with Crippen molar-refractivity contribution in [2.45, 2.75) is 30.1 Å². The first-order chi connectivity index (χ1) is 20.5. The van der Waals surface area contributed by atoms with Crippen LogP contribution in [-0.4, -0.2) is 37.1 Å². The van der Waals surface area contributed by atoms with Crippen molar-refractivity contribution in [3.63, 3.8) is 0 Å². The number of amides is 2. The van der Waals surface area contributed by atoms with Crippen molar-refractivity contribution < 1.29 is 62.3 Å². The summed E-state index contributed by atoms with van der Waals surface area (Å²) < 4.78 is 162. The molecule has 0 aliphatic carbocycles. The van der Waals surface area contributed by atoms with Gasteiger partial charge in [0.15, 0.2) is 0 Å². The van der Waals surface area contributed by atoms with Crippen LogP contribution in [0.2, 0.25) is 0 Å². The molecule has 0 fully saturated rings. The van der Waals surface area contributed by atoms with Gasteiger partial charge in [0.25, 0.3) is 11.8 Å². The van der Waals surface area contributed by atoms with Crippen molar-refractivity contribution in [3.8, 4) is 6.07 Å². The minimum absolute atomic E-state index is 0.00197. The van der Waals surface area contributed by atoms with E-state index in [1.807, 2.05) is 6.07 Å². The fourth-order valence-electron chi connectivity index (χ4n) is 3.95. The molecule has 0 aliphatic rings. The van der Waals surface area contributed by atoms with Crippen molar-refractivity contribution in [1.82, 2.24) is 0 Å². The first-order valence-electron chi connectivity index (χ1n) is 11.8. The van der Waals surface area contributed by atoms with E-state index in [2.05, 4.69) is 0 Å². The zero-order chi connectivity index (χ0) is 34.3. The monoisotopic (exact) mass is 767 g/mol. The summed E-state index contributed by atoms with van der Waals surface area (Å²) in [6.45, 7) is 0. The Morgan fingerprint density at radius 2 is 1.38 bits per heavy atom. The lowest BCUT2D eigenvalue weighted by molar-refractivity contribution is -0.389. The minimum atomic E-state index is -7.23. The van der Waals surface area contributed by atoms with Crippen molar-refractivity contribution in [2.75, 3.05) is 17.3 Å². The molecule has 0 bridgehead atoms. The number of anilines is 2. The van der Waals surface area contributed by atoms with Crippen molar-refractivity contribution >= 4 is 45.8 Å². The van der Waals surface area contributed by atoms with Crippen molar-refractivity contribution in [1.29, 1.82) is 5.26 Å². The third kappa shape index (κ3) is 6.67. The molecule has 0 saturated heterocycles. The van der Waals surface area contributed by atoms with Crippen LogP contribution in [0.1, 0.15) is 37.4 Å². The van der Waals surface area contributed by atoms with E-state index in [9.17, 15) is 62.3 Å². The number of benzene rings is 3. The molecule has 5 nitrogen and oxygen atoms in total. The number of nitrogens with one attached hydrogen (secondary N) is 1. The second-order valence-electron chi connectivity index (χ2n) is 9.17. The van der Waals surface area contributed by atoms with E-state index in [1.165, 1.54) is 43.4 Å². The third-order valence-corrected chi connectivity index (χ3v) is 7.10. The highest BCUT2D eigenvalue weighted by molar-refractivity contribution is 14.1. The van der Waals surface area contributed by atoms with Crippen LogP contribution in [0.3, 0.4) is 0 Å². The predicted octanol–water partition coefficient (Wildman–Crippen LogP) is 8.64. The maximum atomic E-state index is 15.0. The molecule has 1 atom stereocenters. The average molecular weight is 767 g/mol. The molecule has 1 N–H and O–H groups in total. The molecule has 0 aromatic heterocycles. The Morgan fingerprint density at radius 1 is 0.800 bits per heavy atom. The van der Waals surface area contributed by atoms with E-state index in [4.69, 9.17) is 5.26 Å². The molecule has 2 amide bonds. The normalized spacial score (nSPS) is 13.9. The molecule has 240 valence electrons. The fourth-order valence-corrected chi connectivity index (χ4v) is 4.71. The lowest BCUT2D eigenvalue weighted by atomic mass is 9.86. The summed E-state index contributed by atoms with van der Waals surface area (Å²) in [4.78, 5) is 26.8. The molecule has 3 aromatic rings. The Balaban J connectivity index is 2.07. The molecular formula is C27H14F12IN3O2. The number of halogens is 13. The summed E-state index contributed by atoms with van der Waals surface area (Å²) in [5, 5.41) is 10.7. The first-order valence-corrected chi connectivity index (χ1v) is 12.9. The zero-order valence-electron chi connectivity index (χ0n) is 21.9. The van der Waals surface area contributed by atoms with Crippen LogP contribution in [0.25, 0.3) is 0 Å². The van der Waals surface area contributed by atoms with Gasteiger partial charge >= 0.3 is 30.1 Å². The molecule has 0 spiro atoms. The molecule has 18 heteroatoms. The largest absolute Gasteiger partial charge is 0.457 e. The first kappa shape index (κ1) is 35.5. The minimum Gasteiger partial charge on any atom is -0.320 e. The Bertz CT molecular complexity index is 1680. The van der Waals surface area contributed by atoms with Crippen LogP contribution < -0.4 is 10.2 Å². The van der Waals surface area contributed by atoms with E-state index in [-0.39, 0.29) is 22.9 Å². The van der Waals surface area contributed by atoms with Crippen LogP contribution in [0, 0.1) is 14.9 Å². The van der Waals surface area contributed by atoms with Gasteiger partial charge in [0.05, 0.1) is 22.9 Å². The number of carbonyl (C=O) groups excluding carboxylic acids is 2. The molecule has 45 heavy (non-hydrogen) atoms. The summed E-state index contributed by atoms with van der Waals surface area (Å²) in [5.74, 6) is -9.29. The number of hydrogen-bond donors (Lipinski definition) is 1. The maximum absolute atomic E-state index is 15.0. The van der Waals surface area contributed by atoms with Gasteiger partial charge in [-0.2, -0.15) is 53.6 Å². The van der Waals surface area contributed by atoms with E-state index in [0.29, 0.717) is 0 Å². The molecule has 0 radical (unpaired) electrons. The van der Waals surface area contributed by atoms with E-state index in [0.717, 1.165) is 39.6 Å². The summed E-state index contributed by atoms with van der Waals surface area (Å²) in [6.07, 6.45) is -20.0. The number of nitrogens with zero attached hydrogens (tertiary/aromatic N) is 2. The fraction of sp³-hybridized carbons (Fsp3) is 0.222. The lowest BCUT2D eigenvalue weighted by Gasteiger charge is -2.36. The summed E-state index contributed by atoms with van der Waals surface area (Å²) in [7, 11) is 1.25. The quantitative estimate of drug-likeness (QED) is 0.202. The van der Waals surface area contributed by atoms with Gasteiger partial charge in [0.2, 0.25) is 0 Å². The van der Waals surface area contributed by atoms with Crippen LogP contribution in [0.4, 0.5) is 64.1 Å². The van der Waals surface area contributed by atoms with E-state index >= 15 is 0 Å². The lowest BCUT2D eigenvalue weighted by Crippen LogP contribution is -2.59. The molecule has 0 saturated carbocycles. The smallest absolute Gasteiger partial charge is 0.320 e. The number of hydrogen-bond acceptors (Lipinski definition) is 3. The van der Waals surface area contributed by atoms with Crippen LogP contribution >= 0.6 is 22.6 Å². The van der Waals surface area contributed by atoms with Gasteiger partial charge in [-0.15, -0.1) is 0 Å². The molecule has 1 unspecified atom stereocenters. The number of alkyl halides is 12. The molecule has 0 aliphatic heterocycles. The Morgan fingerprint density at radius 3 is 1.91 bits per heavy atom. The van der Waals surface area contributed by atoms with E-state index in [1.54, 1.807) is 5.32 Å². The third-order valence-electron chi connectivity index (χ3n) is 6.25. The highest BCUT2D eigenvalue weighted by Crippen LogP contribution is 2.59. The van der Waals surface area contributed by atoms with Crippen LogP contribution in [0.15, 0.2) is 60.7 Å². The van der Waals surface area contributed by atoms with Gasteiger partial charge < -0.3 is 10.2 Å². The van der Waals surface area contributed by atoms with Crippen molar-refractivity contribution in [2.24, 2.45) is 0 Å². The topological polar surface area (TPSA) is 73.2 Å². The highest BCUT2D eigenvalue weighted by atomic mass is 127. The standard InChI is InChI=1S/C27H14F12IN3O2/c1-43(22(45)15-6-2-4-13(8-15)12-41)17-7-3-5-14(9-17)21(44)42-20-18(24(29,30)31)10-16(11-19(20)40)23(28,26(34,35)36)25(32,33)27(37,38)39/h2-11H,1H3,(H,42,44). The Kier molecular flexibility index (Phi) is 9.50. The van der Waals surface area contributed by atoms with Gasteiger partial charge in [0, 0.05) is 33.0 Å². The second-order valence-corrected chi connectivity index (χ2v) is 10.3. The SMILES string of the molecule is CN(C(=O)c1cccc(C#N)c1)c1cccc(C(=O)Nc2c(I)cc(C(F)(C(F)(F)F)C(F)(F)C(F)(F)F)cc2C(F)(F)F)c1.